The summed E-state index contributed by atoms with van der Waals surface area (Å²) in [5, 5.41) is 1.25. The molecule has 0 spiro atoms. The Labute approximate surface area is 200 Å². The Bertz CT molecular complexity index is 1540. The van der Waals surface area contributed by atoms with Gasteiger partial charge in [-0.25, -0.2) is 9.97 Å². The van der Waals surface area contributed by atoms with Crippen LogP contribution in [-0.4, -0.2) is 14.5 Å². The van der Waals surface area contributed by atoms with Gasteiger partial charge in [0.1, 0.15) is 0 Å². The number of benzene rings is 3. The third-order valence-electron chi connectivity index (χ3n) is 5.90. The fraction of sp³-hybridized carbons (Fsp3) is 0.0323. The Kier molecular flexibility index (Phi) is 5.75. The summed E-state index contributed by atoms with van der Waals surface area (Å²) >= 11 is 0. The maximum Gasteiger partial charge on any atom is 0.160 e. The predicted octanol–water partition coefficient (Wildman–Crippen LogP) is 7.82. The number of allylic oxidation sites excluding steroid dienone is 4. The van der Waals surface area contributed by atoms with E-state index in [1.807, 2.05) is 30.3 Å². The molecule has 0 N–H and O–H groups in total. The molecule has 0 atom stereocenters. The van der Waals surface area contributed by atoms with Crippen molar-refractivity contribution in [3.8, 4) is 28.3 Å². The van der Waals surface area contributed by atoms with Crippen molar-refractivity contribution in [2.45, 2.75) is 6.92 Å². The van der Waals surface area contributed by atoms with Crippen molar-refractivity contribution in [3.05, 3.63) is 134 Å². The number of rotatable bonds is 6. The lowest BCUT2D eigenvalue weighted by molar-refractivity contribution is 1.11. The molecule has 5 aromatic rings. The van der Waals surface area contributed by atoms with Crippen molar-refractivity contribution in [2.75, 3.05) is 0 Å². The van der Waals surface area contributed by atoms with Crippen LogP contribution in [-0.2, 0) is 0 Å². The van der Waals surface area contributed by atoms with Crippen molar-refractivity contribution in [1.82, 2.24) is 14.5 Å². The molecular formula is C31H25N3. The predicted molar refractivity (Wildman–Crippen MR) is 143 cm³/mol. The van der Waals surface area contributed by atoms with Gasteiger partial charge in [-0.2, -0.15) is 0 Å². The van der Waals surface area contributed by atoms with Crippen LogP contribution in [0.5, 0.6) is 0 Å². The summed E-state index contributed by atoms with van der Waals surface area (Å²) in [6.45, 7) is 9.95. The average molecular weight is 440 g/mol. The Balaban J connectivity index is 1.68. The van der Waals surface area contributed by atoms with Crippen LogP contribution in [0.4, 0.5) is 0 Å². The third-order valence-corrected chi connectivity index (χ3v) is 5.90. The van der Waals surface area contributed by atoms with Gasteiger partial charge in [-0.15, -0.1) is 0 Å². The summed E-state index contributed by atoms with van der Waals surface area (Å²) in [5.41, 5.74) is 8.07. The monoisotopic (exact) mass is 439 g/mol. The summed E-state index contributed by atoms with van der Waals surface area (Å²) in [5.74, 6) is 0.670. The molecule has 2 aromatic heterocycles. The van der Waals surface area contributed by atoms with Crippen LogP contribution in [0.3, 0.4) is 0 Å². The average Bonchev–Trinajstić information content (AvgIpc) is 3.24. The molecule has 5 rings (SSSR count). The summed E-state index contributed by atoms with van der Waals surface area (Å²) in [4.78, 5) is 9.86. The van der Waals surface area contributed by atoms with Gasteiger partial charge in [0, 0.05) is 28.4 Å². The van der Waals surface area contributed by atoms with Crippen LogP contribution in [0, 0.1) is 6.92 Å². The van der Waals surface area contributed by atoms with Gasteiger partial charge in [0.2, 0.25) is 0 Å². The van der Waals surface area contributed by atoms with Crippen LogP contribution < -0.4 is 0 Å². The first-order chi connectivity index (χ1) is 16.7. The molecule has 0 unspecified atom stereocenters. The molecular weight excluding hydrogens is 414 g/mol. The SMILES string of the molecule is C=C/C=C(\C=C)c1cc(-c2ccccc2)nc(-c2cccc(-n3cc(C)c4ccccc43)c2)n1. The second kappa shape index (κ2) is 9.16. The zero-order valence-corrected chi connectivity index (χ0v) is 19.1. The molecule has 164 valence electrons. The van der Waals surface area contributed by atoms with Crippen LogP contribution in [0.2, 0.25) is 0 Å². The number of nitrogens with zero attached hydrogens (tertiary/aromatic N) is 3. The number of aromatic nitrogens is 3. The maximum absolute atomic E-state index is 4.95. The van der Waals surface area contributed by atoms with Gasteiger partial charge in [-0.1, -0.05) is 92.0 Å². The molecule has 3 aromatic carbocycles. The highest BCUT2D eigenvalue weighted by Crippen LogP contribution is 2.29. The number of para-hydroxylation sites is 1. The van der Waals surface area contributed by atoms with E-state index in [4.69, 9.17) is 9.97 Å². The maximum atomic E-state index is 4.95. The van der Waals surface area contributed by atoms with Crippen LogP contribution in [0.25, 0.3) is 44.8 Å². The molecule has 0 saturated heterocycles. The van der Waals surface area contributed by atoms with Gasteiger partial charge in [-0.3, -0.25) is 0 Å². The van der Waals surface area contributed by atoms with E-state index in [-0.39, 0.29) is 0 Å². The van der Waals surface area contributed by atoms with Gasteiger partial charge in [0.15, 0.2) is 5.82 Å². The first kappa shape index (κ1) is 21.4. The minimum atomic E-state index is 0.670. The number of aryl methyl sites for hydroxylation is 1. The van der Waals surface area contributed by atoms with Gasteiger partial charge in [0.05, 0.1) is 16.9 Å². The minimum Gasteiger partial charge on any atom is -0.316 e. The first-order valence-corrected chi connectivity index (χ1v) is 11.3. The molecule has 0 radical (unpaired) electrons. The molecule has 0 saturated carbocycles. The quantitative estimate of drug-likeness (QED) is 0.253. The van der Waals surface area contributed by atoms with Gasteiger partial charge in [0.25, 0.3) is 0 Å². The Morgan fingerprint density at radius 2 is 1.59 bits per heavy atom. The van der Waals surface area contributed by atoms with E-state index in [9.17, 15) is 0 Å². The topological polar surface area (TPSA) is 30.7 Å². The van der Waals surface area contributed by atoms with E-state index in [0.717, 1.165) is 33.8 Å². The van der Waals surface area contributed by atoms with Crippen LogP contribution >= 0.6 is 0 Å². The lowest BCUT2D eigenvalue weighted by Gasteiger charge is -2.11. The van der Waals surface area contributed by atoms with Crippen molar-refractivity contribution < 1.29 is 0 Å². The van der Waals surface area contributed by atoms with E-state index >= 15 is 0 Å². The molecule has 0 aliphatic rings. The van der Waals surface area contributed by atoms with E-state index < -0.39 is 0 Å². The fourth-order valence-corrected chi connectivity index (χ4v) is 4.22. The molecule has 0 aliphatic heterocycles. The number of hydrogen-bond donors (Lipinski definition) is 0. The van der Waals surface area contributed by atoms with Crippen molar-refractivity contribution >= 4 is 16.5 Å². The number of fused-ring (bicyclic) bond motifs is 1. The Hall–Kier alpha value is -4.50. The molecule has 34 heavy (non-hydrogen) atoms. The van der Waals surface area contributed by atoms with E-state index in [1.54, 1.807) is 12.2 Å². The summed E-state index contributed by atoms with van der Waals surface area (Å²) in [7, 11) is 0. The molecule has 2 heterocycles. The smallest absolute Gasteiger partial charge is 0.160 e. The second-order valence-electron chi connectivity index (χ2n) is 8.14. The van der Waals surface area contributed by atoms with Crippen molar-refractivity contribution in [3.63, 3.8) is 0 Å². The van der Waals surface area contributed by atoms with E-state index in [1.165, 1.54) is 16.5 Å². The fourth-order valence-electron chi connectivity index (χ4n) is 4.22. The summed E-state index contributed by atoms with van der Waals surface area (Å²) in [6.07, 6.45) is 7.65. The minimum absolute atomic E-state index is 0.670. The molecule has 0 amide bonds. The molecule has 3 heteroatoms. The molecule has 0 bridgehead atoms. The lowest BCUT2D eigenvalue weighted by Crippen LogP contribution is -1.99. The van der Waals surface area contributed by atoms with Crippen molar-refractivity contribution in [2.24, 2.45) is 0 Å². The van der Waals surface area contributed by atoms with Gasteiger partial charge < -0.3 is 4.57 Å². The third kappa shape index (κ3) is 4.00. The highest BCUT2D eigenvalue weighted by atomic mass is 15.0. The Morgan fingerprint density at radius 3 is 2.38 bits per heavy atom. The highest BCUT2D eigenvalue weighted by molar-refractivity contribution is 5.85. The largest absolute Gasteiger partial charge is 0.316 e. The van der Waals surface area contributed by atoms with Crippen LogP contribution in [0.15, 0.2) is 123 Å². The first-order valence-electron chi connectivity index (χ1n) is 11.3. The standard InChI is InChI=1S/C31H25N3/c1-4-12-23(5-2)28-20-29(24-13-7-6-8-14-24)33-31(32-28)25-15-11-16-26(19-25)34-21-22(3)27-17-9-10-18-30(27)34/h4-21H,1-2H2,3H3/b23-12+. The Morgan fingerprint density at radius 1 is 0.824 bits per heavy atom. The van der Waals surface area contributed by atoms with Crippen molar-refractivity contribution in [1.29, 1.82) is 0 Å². The molecule has 0 aliphatic carbocycles. The summed E-state index contributed by atoms with van der Waals surface area (Å²) in [6, 6.07) is 29.0. The molecule has 0 fully saturated rings. The van der Waals surface area contributed by atoms with E-state index in [0.29, 0.717) is 5.82 Å². The molecule has 3 nitrogen and oxygen atoms in total. The van der Waals surface area contributed by atoms with Gasteiger partial charge >= 0.3 is 0 Å². The van der Waals surface area contributed by atoms with E-state index in [2.05, 4.69) is 91.5 Å². The zero-order valence-electron chi connectivity index (χ0n) is 19.1. The normalized spacial score (nSPS) is 11.5. The van der Waals surface area contributed by atoms with Gasteiger partial charge in [-0.05, 0) is 42.3 Å². The lowest BCUT2D eigenvalue weighted by atomic mass is 10.1. The number of hydrogen-bond acceptors (Lipinski definition) is 2. The van der Waals surface area contributed by atoms with Crippen LogP contribution in [0.1, 0.15) is 11.3 Å². The highest BCUT2D eigenvalue weighted by Gasteiger charge is 2.12. The zero-order chi connectivity index (χ0) is 23.5. The second-order valence-corrected chi connectivity index (χ2v) is 8.14. The summed E-state index contributed by atoms with van der Waals surface area (Å²) < 4.78 is 2.23.